The summed E-state index contributed by atoms with van der Waals surface area (Å²) in [7, 11) is 1.30. The third-order valence-electron chi connectivity index (χ3n) is 1.27. The lowest BCUT2D eigenvalue weighted by molar-refractivity contribution is 0.0749. The lowest BCUT2D eigenvalue weighted by atomic mass is 10.2. The number of rotatable bonds is 1. The Morgan fingerprint density at radius 2 is 2.27 bits per heavy atom. The Bertz CT molecular complexity index is 272. The number of carbonyl (C=O) groups is 1. The van der Waals surface area contributed by atoms with E-state index in [1.807, 2.05) is 0 Å². The van der Waals surface area contributed by atoms with Crippen molar-refractivity contribution in [2.45, 2.75) is 0 Å². The Hall–Kier alpha value is -1.45. The first kappa shape index (κ1) is 7.66. The van der Waals surface area contributed by atoms with Gasteiger partial charge in [-0.05, 0) is 18.2 Å². The van der Waals surface area contributed by atoms with E-state index in [0.29, 0.717) is 5.56 Å². The summed E-state index contributed by atoms with van der Waals surface area (Å²) in [5.41, 5.74) is 0.354. The summed E-state index contributed by atoms with van der Waals surface area (Å²) in [5, 5.41) is 8.95. The molecule has 1 N–H and O–H groups in total. The van der Waals surface area contributed by atoms with E-state index in [9.17, 15) is 4.79 Å². The van der Waals surface area contributed by atoms with E-state index in [4.69, 9.17) is 5.11 Å². The molecule has 0 aliphatic heterocycles. The molecule has 11 heavy (non-hydrogen) atoms. The smallest absolute Gasteiger partial charge is 0.326 e. The summed E-state index contributed by atoms with van der Waals surface area (Å²) in [6, 6.07) is 6.01. The predicted octanol–water partition coefficient (Wildman–Crippen LogP) is 0.0971. The molecule has 0 aromatic heterocycles. The van der Waals surface area contributed by atoms with Crippen LogP contribution < -0.4 is 0 Å². The summed E-state index contributed by atoms with van der Waals surface area (Å²) < 4.78 is 4.44. The molecule has 1 rings (SSSR count). The fraction of sp³-hybridized carbons (Fsp3) is 0. The first-order chi connectivity index (χ1) is 5.24. The van der Waals surface area contributed by atoms with Crippen molar-refractivity contribution in [3.8, 4) is 5.75 Å². The molecule has 0 fully saturated rings. The molecule has 0 aliphatic rings. The first-order valence-corrected chi connectivity index (χ1v) is 3.11. The van der Waals surface area contributed by atoms with Crippen LogP contribution in [0, 0.1) is 0 Å². The number of carbonyl (C=O) groups excluding carboxylic acids is 1. The molecule has 56 valence electrons. The highest BCUT2D eigenvalue weighted by Gasteiger charge is 2.03. The number of hydrogen-bond donors (Lipinski definition) is 1. The van der Waals surface area contributed by atoms with E-state index in [1.54, 1.807) is 12.1 Å². The van der Waals surface area contributed by atoms with Gasteiger partial charge in [0.2, 0.25) is 0 Å². The van der Waals surface area contributed by atoms with Crippen molar-refractivity contribution in [3.63, 3.8) is 0 Å². The maximum absolute atomic E-state index is 10.8. The van der Waals surface area contributed by atoms with Crippen LogP contribution in [-0.4, -0.2) is 19.1 Å². The van der Waals surface area contributed by atoms with Crippen molar-refractivity contribution in [1.29, 1.82) is 0 Å². The van der Waals surface area contributed by atoms with Crippen LogP contribution in [0.15, 0.2) is 24.3 Å². The van der Waals surface area contributed by atoms with E-state index in [0.717, 1.165) is 0 Å². The van der Waals surface area contributed by atoms with Gasteiger partial charge in [-0.2, -0.15) is 0 Å². The summed E-state index contributed by atoms with van der Waals surface area (Å²) >= 11 is 0. The maximum Gasteiger partial charge on any atom is 0.326 e. The van der Waals surface area contributed by atoms with Crippen LogP contribution in [-0.2, 0) is 4.65 Å². The topological polar surface area (TPSA) is 46.5 Å². The van der Waals surface area contributed by atoms with Crippen LogP contribution >= 0.6 is 0 Å². The minimum absolute atomic E-state index is 0.0629. The van der Waals surface area contributed by atoms with Gasteiger partial charge in [0.1, 0.15) is 5.75 Å². The molecule has 0 atom stereocenters. The lowest BCUT2D eigenvalue weighted by Gasteiger charge is -1.98. The lowest BCUT2D eigenvalue weighted by Crippen LogP contribution is -2.01. The Balaban J connectivity index is 2.96. The van der Waals surface area contributed by atoms with Crippen molar-refractivity contribution >= 4 is 14.0 Å². The molecule has 0 heterocycles. The molecule has 0 aliphatic carbocycles. The molecule has 4 heteroatoms. The molecule has 0 saturated heterocycles. The first-order valence-electron chi connectivity index (χ1n) is 3.11. The van der Waals surface area contributed by atoms with Crippen LogP contribution in [0.3, 0.4) is 0 Å². The average molecular weight is 150 g/mol. The van der Waals surface area contributed by atoms with Gasteiger partial charge in [0.25, 0.3) is 0 Å². The molecule has 0 spiro atoms. The van der Waals surface area contributed by atoms with Crippen LogP contribution in [0.25, 0.3) is 0 Å². The summed E-state index contributed by atoms with van der Waals surface area (Å²) in [5.74, 6) is -0.381. The summed E-state index contributed by atoms with van der Waals surface area (Å²) in [4.78, 5) is 10.8. The highest BCUT2D eigenvalue weighted by molar-refractivity contribution is 6.09. The van der Waals surface area contributed by atoms with Crippen molar-refractivity contribution < 1.29 is 14.6 Å². The third kappa shape index (κ3) is 1.74. The molecule has 0 bridgehead atoms. The zero-order valence-electron chi connectivity index (χ0n) is 6.07. The fourth-order valence-electron chi connectivity index (χ4n) is 0.751. The maximum atomic E-state index is 10.8. The number of hydrogen-bond acceptors (Lipinski definition) is 3. The second-order valence-electron chi connectivity index (χ2n) is 2.04. The van der Waals surface area contributed by atoms with E-state index in [1.165, 1.54) is 20.2 Å². The van der Waals surface area contributed by atoms with Crippen molar-refractivity contribution in [2.24, 2.45) is 0 Å². The van der Waals surface area contributed by atoms with Gasteiger partial charge in [0.05, 0.1) is 5.56 Å². The molecule has 0 amide bonds. The van der Waals surface area contributed by atoms with Crippen molar-refractivity contribution in [1.82, 2.24) is 0 Å². The number of phenolic OH excluding ortho intramolecular Hbond substituents is 1. The molecule has 3 nitrogen and oxygen atoms in total. The Kier molecular flexibility index (Phi) is 2.16. The van der Waals surface area contributed by atoms with E-state index < -0.39 is 5.97 Å². The van der Waals surface area contributed by atoms with Gasteiger partial charge in [0, 0.05) is 0 Å². The van der Waals surface area contributed by atoms with Crippen LogP contribution in [0.5, 0.6) is 5.75 Å². The minimum Gasteiger partial charge on any atom is -0.540 e. The fourth-order valence-corrected chi connectivity index (χ4v) is 0.751. The Morgan fingerprint density at radius 1 is 1.55 bits per heavy atom. The largest absolute Gasteiger partial charge is 0.540 e. The van der Waals surface area contributed by atoms with Gasteiger partial charge in [-0.3, -0.25) is 0 Å². The SMILES string of the molecule is BOC(=O)c1cccc(O)c1. The molecule has 0 unspecified atom stereocenters. The number of phenols is 1. The molecule has 1 aromatic carbocycles. The van der Waals surface area contributed by atoms with Crippen LogP contribution in [0.4, 0.5) is 0 Å². The van der Waals surface area contributed by atoms with Gasteiger partial charge in [-0.15, -0.1) is 0 Å². The Labute approximate surface area is 65.1 Å². The molecular weight excluding hydrogens is 143 g/mol. The van der Waals surface area contributed by atoms with Gasteiger partial charge < -0.3 is 9.76 Å². The van der Waals surface area contributed by atoms with Gasteiger partial charge in [-0.25, -0.2) is 4.79 Å². The predicted molar refractivity (Wildman–Crippen MR) is 42.1 cm³/mol. The Morgan fingerprint density at radius 3 is 2.82 bits per heavy atom. The molecule has 1 aromatic rings. The number of benzene rings is 1. The normalized spacial score (nSPS) is 9.09. The summed E-state index contributed by atoms with van der Waals surface area (Å²) in [6.45, 7) is 0. The van der Waals surface area contributed by atoms with Gasteiger partial charge in [-0.1, -0.05) is 6.07 Å². The second-order valence-corrected chi connectivity index (χ2v) is 2.04. The second kappa shape index (κ2) is 3.10. The highest BCUT2D eigenvalue weighted by atomic mass is 16.5. The summed E-state index contributed by atoms with van der Waals surface area (Å²) in [6.07, 6.45) is 0. The zero-order chi connectivity index (χ0) is 8.27. The van der Waals surface area contributed by atoms with Gasteiger partial charge >= 0.3 is 14.0 Å². The monoisotopic (exact) mass is 150 g/mol. The minimum atomic E-state index is -0.444. The van der Waals surface area contributed by atoms with Gasteiger partial charge in [0.15, 0.2) is 0 Å². The van der Waals surface area contributed by atoms with Crippen molar-refractivity contribution in [2.75, 3.05) is 0 Å². The average Bonchev–Trinajstić information content (AvgIpc) is 2.03. The standard InChI is InChI=1S/C7H7BO3/c8-11-7(10)5-2-1-3-6(9)4-5/h1-4,9H,8H2. The quantitative estimate of drug-likeness (QED) is 0.577. The zero-order valence-corrected chi connectivity index (χ0v) is 6.07. The van der Waals surface area contributed by atoms with E-state index in [-0.39, 0.29) is 5.75 Å². The third-order valence-corrected chi connectivity index (χ3v) is 1.27. The van der Waals surface area contributed by atoms with E-state index in [2.05, 4.69) is 4.65 Å². The molecule has 0 radical (unpaired) electrons. The van der Waals surface area contributed by atoms with Crippen LogP contribution in [0.1, 0.15) is 10.4 Å². The molecule has 0 saturated carbocycles. The number of aromatic hydroxyl groups is 1. The highest BCUT2D eigenvalue weighted by Crippen LogP contribution is 2.10. The van der Waals surface area contributed by atoms with Crippen LogP contribution in [0.2, 0.25) is 0 Å². The molecular formula is C7H7BO3. The van der Waals surface area contributed by atoms with E-state index >= 15 is 0 Å². The van der Waals surface area contributed by atoms with Crippen molar-refractivity contribution in [3.05, 3.63) is 29.8 Å².